The molecule has 4 N–H and O–H groups in total. The van der Waals surface area contributed by atoms with E-state index in [2.05, 4.69) is 0 Å². The normalized spacial score (nSPS) is 7.11. The maximum atomic E-state index is 9.37. The van der Waals surface area contributed by atoms with E-state index in [1.165, 1.54) is 0 Å². The van der Waals surface area contributed by atoms with Crippen molar-refractivity contribution >= 4 is 17.9 Å². The van der Waals surface area contributed by atoms with Crippen molar-refractivity contribution < 1.29 is 40.0 Å². The Morgan fingerprint density at radius 2 is 0.895 bits per heavy atom. The Balaban J connectivity index is -0.0000000793. The molecule has 0 saturated carbocycles. The lowest BCUT2D eigenvalue weighted by Gasteiger charge is -1.71. The van der Waals surface area contributed by atoms with E-state index >= 15 is 0 Å². The quantitative estimate of drug-likeness (QED) is 0.436. The van der Waals surface area contributed by atoms with E-state index in [9.17, 15) is 14.4 Å². The molecule has 0 aromatic carbocycles. The molecule has 0 unspecified atom stereocenters. The lowest BCUT2D eigenvalue weighted by Crippen LogP contribution is -1.86. The third-order valence-electron chi connectivity index (χ3n) is 0.907. The van der Waals surface area contributed by atoms with E-state index in [1.807, 2.05) is 0 Å². The summed E-state index contributed by atoms with van der Waals surface area (Å²) in [6.45, 7) is 4.80. The average Bonchev–Trinajstić information content (AvgIpc) is 2.29. The summed E-state index contributed by atoms with van der Waals surface area (Å²) in [5, 5.41) is 36.8. The fraction of sp³-hybridized carbons (Fsp3) is 0.667. The SMILES string of the molecule is CCC(=O)O.CCC(=O)O.CCC(=O)O.O=[N+]([O-])O. The molecule has 0 spiro atoms. The first-order valence-corrected chi connectivity index (χ1v) is 5.03. The molecule has 0 bridgehead atoms. The van der Waals surface area contributed by atoms with Crippen LogP contribution >= 0.6 is 0 Å². The second-order valence-corrected chi connectivity index (χ2v) is 2.48. The Morgan fingerprint density at radius 3 is 0.895 bits per heavy atom. The number of hydrogen-bond donors (Lipinski definition) is 4. The number of aliphatic carboxylic acids is 3. The van der Waals surface area contributed by atoms with Crippen molar-refractivity contribution in [3.05, 3.63) is 10.1 Å². The molecule has 0 aliphatic carbocycles. The van der Waals surface area contributed by atoms with Gasteiger partial charge in [0.15, 0.2) is 0 Å². The number of carboxylic acids is 3. The van der Waals surface area contributed by atoms with Crippen molar-refractivity contribution in [2.24, 2.45) is 0 Å². The van der Waals surface area contributed by atoms with Crippen LogP contribution in [0.2, 0.25) is 0 Å². The van der Waals surface area contributed by atoms with Crippen LogP contribution in [0.25, 0.3) is 0 Å². The Bertz CT molecular complexity index is 227. The molecular weight excluding hydrogens is 266 g/mol. The fourth-order valence-electron chi connectivity index (χ4n) is 0. The molecule has 19 heavy (non-hydrogen) atoms. The van der Waals surface area contributed by atoms with Crippen LogP contribution in [0.1, 0.15) is 40.0 Å². The summed E-state index contributed by atoms with van der Waals surface area (Å²) in [4.78, 5) is 36.5. The third kappa shape index (κ3) is 222. The number of rotatable bonds is 3. The minimum absolute atomic E-state index is 0.222. The van der Waals surface area contributed by atoms with Crippen LogP contribution in [0, 0.1) is 10.1 Å². The number of carbonyl (C=O) groups is 3. The van der Waals surface area contributed by atoms with Crippen LogP contribution in [0.15, 0.2) is 0 Å². The van der Waals surface area contributed by atoms with Gasteiger partial charge < -0.3 is 20.5 Å². The molecule has 0 saturated heterocycles. The molecule has 0 aliphatic rings. The monoisotopic (exact) mass is 285 g/mol. The highest BCUT2D eigenvalue weighted by atomic mass is 16.9. The van der Waals surface area contributed by atoms with Gasteiger partial charge >= 0.3 is 17.9 Å². The second kappa shape index (κ2) is 21.0. The predicted molar refractivity (Wildman–Crippen MR) is 62.6 cm³/mol. The molecule has 10 heteroatoms. The molecule has 0 aromatic heterocycles. The van der Waals surface area contributed by atoms with E-state index < -0.39 is 23.0 Å². The zero-order valence-electron chi connectivity index (χ0n) is 10.9. The van der Waals surface area contributed by atoms with Gasteiger partial charge in [-0.2, -0.15) is 0 Å². The third-order valence-corrected chi connectivity index (χ3v) is 0.907. The summed E-state index contributed by atoms with van der Waals surface area (Å²) in [6.07, 6.45) is 0.667. The van der Waals surface area contributed by atoms with Crippen LogP contribution in [0.3, 0.4) is 0 Å². The smallest absolute Gasteiger partial charge is 0.303 e. The Labute approximate surface area is 109 Å². The molecule has 0 heterocycles. The van der Waals surface area contributed by atoms with Gasteiger partial charge in [-0.15, -0.1) is 10.1 Å². The molecule has 0 atom stereocenters. The van der Waals surface area contributed by atoms with E-state index in [0.717, 1.165) is 0 Å². The first-order valence-electron chi connectivity index (χ1n) is 5.03. The summed E-state index contributed by atoms with van der Waals surface area (Å²) in [5.41, 5.74) is 0. The molecule has 10 nitrogen and oxygen atoms in total. The molecule has 0 rings (SSSR count). The molecule has 0 aromatic rings. The average molecular weight is 285 g/mol. The van der Waals surface area contributed by atoms with Crippen molar-refractivity contribution in [1.29, 1.82) is 0 Å². The first kappa shape index (κ1) is 25.5. The van der Waals surface area contributed by atoms with Crippen molar-refractivity contribution in [2.75, 3.05) is 0 Å². The summed E-state index contributed by atoms with van der Waals surface area (Å²) >= 11 is 0. The highest BCUT2D eigenvalue weighted by Crippen LogP contribution is 1.68. The minimum atomic E-state index is -1.50. The van der Waals surface area contributed by atoms with Gasteiger partial charge in [-0.1, -0.05) is 20.8 Å². The second-order valence-electron chi connectivity index (χ2n) is 2.48. The highest BCUT2D eigenvalue weighted by molar-refractivity contribution is 5.66. The van der Waals surface area contributed by atoms with Crippen LogP contribution in [0.5, 0.6) is 0 Å². The van der Waals surface area contributed by atoms with E-state index in [4.69, 9.17) is 30.6 Å². The lowest BCUT2D eigenvalue weighted by molar-refractivity contribution is -0.742. The minimum Gasteiger partial charge on any atom is -0.481 e. The van der Waals surface area contributed by atoms with Gasteiger partial charge in [0.2, 0.25) is 0 Å². The van der Waals surface area contributed by atoms with Crippen LogP contribution in [-0.2, 0) is 14.4 Å². The van der Waals surface area contributed by atoms with Gasteiger partial charge in [0.1, 0.15) is 0 Å². The maximum absolute atomic E-state index is 9.37. The van der Waals surface area contributed by atoms with Gasteiger partial charge in [0.05, 0.1) is 0 Å². The number of carboxylic acid groups (broad SMARTS) is 3. The van der Waals surface area contributed by atoms with E-state index in [1.54, 1.807) is 20.8 Å². The molecule has 0 amide bonds. The zero-order chi connectivity index (χ0) is 16.4. The predicted octanol–water partition coefficient (Wildman–Crippen LogP) is 1.10. The summed E-state index contributed by atoms with van der Waals surface area (Å²) < 4.78 is 0. The Morgan fingerprint density at radius 1 is 0.842 bits per heavy atom. The Kier molecular flexibility index (Phi) is 28.1. The summed E-state index contributed by atoms with van der Waals surface area (Å²) in [5.74, 6) is -2.24. The van der Waals surface area contributed by atoms with E-state index in [-0.39, 0.29) is 19.3 Å². The standard InChI is InChI=1S/3C3H6O2.HNO3/c3*1-2-3(4)5;2-1(3)4/h3*2H2,1H3,(H,4,5);(H,2,3,4). The maximum Gasteiger partial charge on any atom is 0.303 e. The molecular formula is C9H19NO9. The molecule has 0 aliphatic heterocycles. The van der Waals surface area contributed by atoms with E-state index in [0.29, 0.717) is 0 Å². The Hall–Kier alpha value is -2.39. The fourth-order valence-corrected chi connectivity index (χ4v) is 0. The lowest BCUT2D eigenvalue weighted by atomic mass is 10.5. The van der Waals surface area contributed by atoms with Crippen LogP contribution in [-0.4, -0.2) is 43.5 Å². The van der Waals surface area contributed by atoms with Crippen molar-refractivity contribution in [1.82, 2.24) is 0 Å². The van der Waals surface area contributed by atoms with Gasteiger partial charge in [0, 0.05) is 19.3 Å². The molecule has 114 valence electrons. The number of nitrogens with zero attached hydrogens (tertiary/aromatic N) is 1. The first-order chi connectivity index (χ1) is 8.54. The molecule has 0 radical (unpaired) electrons. The summed E-state index contributed by atoms with van der Waals surface area (Å²) in [6, 6.07) is 0. The van der Waals surface area contributed by atoms with Crippen LogP contribution < -0.4 is 0 Å². The van der Waals surface area contributed by atoms with Gasteiger partial charge in [-0.25, -0.2) is 0 Å². The van der Waals surface area contributed by atoms with Crippen molar-refractivity contribution in [3.63, 3.8) is 0 Å². The number of hydrogen-bond acceptors (Lipinski definition) is 5. The van der Waals surface area contributed by atoms with Gasteiger partial charge in [0.25, 0.3) is 5.09 Å². The van der Waals surface area contributed by atoms with Gasteiger partial charge in [-0.05, 0) is 0 Å². The molecule has 0 fully saturated rings. The largest absolute Gasteiger partial charge is 0.481 e. The van der Waals surface area contributed by atoms with Crippen molar-refractivity contribution in [2.45, 2.75) is 40.0 Å². The topological polar surface area (TPSA) is 175 Å². The van der Waals surface area contributed by atoms with Crippen LogP contribution in [0.4, 0.5) is 0 Å². The summed E-state index contributed by atoms with van der Waals surface area (Å²) in [7, 11) is 0. The zero-order valence-corrected chi connectivity index (χ0v) is 10.9. The van der Waals surface area contributed by atoms with Crippen molar-refractivity contribution in [3.8, 4) is 0 Å². The highest BCUT2D eigenvalue weighted by Gasteiger charge is 1.81. The van der Waals surface area contributed by atoms with Gasteiger partial charge in [-0.3, -0.25) is 14.4 Å².